The fourth-order valence-corrected chi connectivity index (χ4v) is 1.25. The number of halogens is 1. The molecule has 4 heteroatoms. The molecule has 0 amide bonds. The van der Waals surface area contributed by atoms with E-state index >= 15 is 0 Å². The molecular formula is C5H12ClO2P. The molecule has 0 heterocycles. The van der Waals surface area contributed by atoms with E-state index in [1.54, 1.807) is 20.5 Å². The van der Waals surface area contributed by atoms with Crippen LogP contribution in [0.5, 0.6) is 0 Å². The molecule has 2 nitrogen and oxygen atoms in total. The third-order valence-electron chi connectivity index (χ3n) is 1.03. The fourth-order valence-electron chi connectivity index (χ4n) is 0.359. The van der Waals surface area contributed by atoms with Gasteiger partial charge in [-0.1, -0.05) is 0 Å². The summed E-state index contributed by atoms with van der Waals surface area (Å²) in [5.41, 5.74) is 0. The van der Waals surface area contributed by atoms with Gasteiger partial charge in [0.2, 0.25) is 7.37 Å². The second kappa shape index (κ2) is 3.60. The molecule has 0 saturated carbocycles. The smallest absolute Gasteiger partial charge is 0.217 e. The summed E-state index contributed by atoms with van der Waals surface area (Å²) < 4.78 is 16.1. The van der Waals surface area contributed by atoms with E-state index in [4.69, 9.17) is 16.1 Å². The Morgan fingerprint density at radius 1 is 1.78 bits per heavy atom. The van der Waals surface area contributed by atoms with Crippen LogP contribution in [0.15, 0.2) is 0 Å². The first-order valence-electron chi connectivity index (χ1n) is 2.86. The van der Waals surface area contributed by atoms with Crippen LogP contribution in [0.2, 0.25) is 0 Å². The second-order valence-corrected chi connectivity index (χ2v) is 5.71. The van der Waals surface area contributed by atoms with E-state index in [1.807, 2.05) is 0 Å². The molecule has 0 saturated heterocycles. The average Bonchev–Trinajstić information content (AvgIpc) is 1.65. The van der Waals surface area contributed by atoms with E-state index < -0.39 is 7.37 Å². The molecule has 0 aromatic carbocycles. The van der Waals surface area contributed by atoms with Gasteiger partial charge in [-0.05, 0) is 13.8 Å². The maximum absolute atomic E-state index is 11.2. The van der Waals surface area contributed by atoms with Crippen LogP contribution in [0.4, 0.5) is 0 Å². The number of hydrogen-bond donors (Lipinski definition) is 0. The van der Waals surface area contributed by atoms with Crippen molar-refractivity contribution >= 4 is 19.0 Å². The number of rotatable bonds is 3. The molecule has 0 aromatic heterocycles. The SMILES string of the molecule is CCOP(C)(=O)C(C)Cl. The Kier molecular flexibility index (Phi) is 3.79. The number of hydrogen-bond acceptors (Lipinski definition) is 2. The maximum atomic E-state index is 11.2. The molecule has 0 N–H and O–H groups in total. The van der Waals surface area contributed by atoms with Gasteiger partial charge in [0, 0.05) is 6.66 Å². The third kappa shape index (κ3) is 3.24. The molecule has 0 aromatic rings. The molecule has 56 valence electrons. The minimum absolute atomic E-state index is 0.377. The zero-order chi connectivity index (χ0) is 7.49. The van der Waals surface area contributed by atoms with Crippen molar-refractivity contribution in [3.8, 4) is 0 Å². The Morgan fingerprint density at radius 3 is 2.33 bits per heavy atom. The van der Waals surface area contributed by atoms with Crippen molar-refractivity contribution in [1.82, 2.24) is 0 Å². The van der Waals surface area contributed by atoms with Gasteiger partial charge in [0.05, 0.1) is 6.61 Å². The van der Waals surface area contributed by atoms with E-state index in [-0.39, 0.29) is 5.12 Å². The van der Waals surface area contributed by atoms with Crippen LogP contribution in [0.25, 0.3) is 0 Å². The highest BCUT2D eigenvalue weighted by molar-refractivity contribution is 7.60. The lowest BCUT2D eigenvalue weighted by Crippen LogP contribution is -1.96. The van der Waals surface area contributed by atoms with E-state index in [9.17, 15) is 4.57 Å². The molecule has 0 bridgehead atoms. The van der Waals surface area contributed by atoms with Gasteiger partial charge in [0.1, 0.15) is 5.12 Å². The highest BCUT2D eigenvalue weighted by Gasteiger charge is 2.21. The Labute approximate surface area is 61.0 Å². The largest absolute Gasteiger partial charge is 0.328 e. The quantitative estimate of drug-likeness (QED) is 0.481. The predicted molar refractivity (Wildman–Crippen MR) is 40.5 cm³/mol. The van der Waals surface area contributed by atoms with Gasteiger partial charge < -0.3 is 4.52 Å². The van der Waals surface area contributed by atoms with Gasteiger partial charge in [-0.2, -0.15) is 0 Å². The van der Waals surface area contributed by atoms with Crippen molar-refractivity contribution in [3.63, 3.8) is 0 Å². The average molecular weight is 171 g/mol. The monoisotopic (exact) mass is 170 g/mol. The Hall–Kier alpha value is 0.480. The van der Waals surface area contributed by atoms with Crippen LogP contribution >= 0.6 is 19.0 Å². The van der Waals surface area contributed by atoms with Crippen LogP contribution in [0.1, 0.15) is 13.8 Å². The van der Waals surface area contributed by atoms with Gasteiger partial charge in [-0.15, -0.1) is 11.6 Å². The lowest BCUT2D eigenvalue weighted by atomic mass is 10.9. The van der Waals surface area contributed by atoms with E-state index in [0.29, 0.717) is 6.61 Å². The van der Waals surface area contributed by atoms with Gasteiger partial charge >= 0.3 is 0 Å². The van der Waals surface area contributed by atoms with Crippen molar-refractivity contribution in [2.45, 2.75) is 19.0 Å². The van der Waals surface area contributed by atoms with Crippen molar-refractivity contribution in [2.75, 3.05) is 13.3 Å². The summed E-state index contributed by atoms with van der Waals surface area (Å²) in [4.78, 5) is 0. The summed E-state index contributed by atoms with van der Waals surface area (Å²) in [6, 6.07) is 0. The first-order valence-corrected chi connectivity index (χ1v) is 5.44. The van der Waals surface area contributed by atoms with Gasteiger partial charge in [0.25, 0.3) is 0 Å². The number of alkyl halides is 1. The molecule has 0 rings (SSSR count). The van der Waals surface area contributed by atoms with Crippen LogP contribution in [-0.2, 0) is 9.09 Å². The molecule has 0 radical (unpaired) electrons. The van der Waals surface area contributed by atoms with Gasteiger partial charge in [-0.3, -0.25) is 4.57 Å². The first kappa shape index (κ1) is 9.48. The molecular weight excluding hydrogens is 158 g/mol. The summed E-state index contributed by atoms with van der Waals surface area (Å²) in [7, 11) is -2.50. The van der Waals surface area contributed by atoms with Gasteiger partial charge in [-0.25, -0.2) is 0 Å². The van der Waals surface area contributed by atoms with Crippen molar-refractivity contribution in [3.05, 3.63) is 0 Å². The topological polar surface area (TPSA) is 26.3 Å². The lowest BCUT2D eigenvalue weighted by molar-refractivity contribution is 0.336. The van der Waals surface area contributed by atoms with E-state index in [0.717, 1.165) is 0 Å². The third-order valence-corrected chi connectivity index (χ3v) is 4.16. The lowest BCUT2D eigenvalue weighted by Gasteiger charge is -2.13. The zero-order valence-electron chi connectivity index (χ0n) is 5.93. The van der Waals surface area contributed by atoms with E-state index in [2.05, 4.69) is 0 Å². The summed E-state index contributed by atoms with van der Waals surface area (Å²) >= 11 is 5.56. The van der Waals surface area contributed by atoms with Crippen LogP contribution in [0, 0.1) is 0 Å². The molecule has 0 aliphatic heterocycles. The summed E-state index contributed by atoms with van der Waals surface area (Å²) in [5.74, 6) is 0. The second-order valence-electron chi connectivity index (χ2n) is 1.90. The Balaban J connectivity index is 3.87. The molecule has 0 aliphatic rings. The van der Waals surface area contributed by atoms with Crippen LogP contribution < -0.4 is 0 Å². The van der Waals surface area contributed by atoms with Crippen molar-refractivity contribution < 1.29 is 9.09 Å². The molecule has 0 aliphatic carbocycles. The molecule has 9 heavy (non-hydrogen) atoms. The van der Waals surface area contributed by atoms with Crippen LogP contribution in [-0.4, -0.2) is 18.4 Å². The molecule has 2 unspecified atom stereocenters. The van der Waals surface area contributed by atoms with Crippen molar-refractivity contribution in [2.24, 2.45) is 0 Å². The summed E-state index contributed by atoms with van der Waals surface area (Å²) in [5, 5.41) is -0.377. The van der Waals surface area contributed by atoms with Crippen LogP contribution in [0.3, 0.4) is 0 Å². The predicted octanol–water partition coefficient (Wildman–Crippen LogP) is 2.52. The van der Waals surface area contributed by atoms with Crippen molar-refractivity contribution in [1.29, 1.82) is 0 Å². The molecule has 0 spiro atoms. The fraction of sp³-hybridized carbons (Fsp3) is 1.00. The minimum Gasteiger partial charge on any atom is -0.328 e. The maximum Gasteiger partial charge on any atom is 0.217 e. The normalized spacial score (nSPS) is 20.9. The molecule has 0 fully saturated rings. The summed E-state index contributed by atoms with van der Waals surface area (Å²) in [6.45, 7) is 5.49. The first-order chi connectivity index (χ1) is 4.00. The van der Waals surface area contributed by atoms with E-state index in [1.165, 1.54) is 0 Å². The summed E-state index contributed by atoms with van der Waals surface area (Å²) in [6.07, 6.45) is 0. The Morgan fingerprint density at radius 2 is 2.22 bits per heavy atom. The highest BCUT2D eigenvalue weighted by Crippen LogP contribution is 2.49. The minimum atomic E-state index is -2.50. The highest BCUT2D eigenvalue weighted by atomic mass is 35.5. The Bertz CT molecular complexity index is 124. The molecule has 2 atom stereocenters. The zero-order valence-corrected chi connectivity index (χ0v) is 7.58. The van der Waals surface area contributed by atoms with Gasteiger partial charge in [0.15, 0.2) is 0 Å². The standard InChI is InChI=1S/C5H12ClO2P/c1-4-8-9(3,7)5(2)6/h5H,4H2,1-3H3.